The van der Waals surface area contributed by atoms with E-state index in [0.29, 0.717) is 34.6 Å². The van der Waals surface area contributed by atoms with Crippen LogP contribution in [-0.4, -0.2) is 31.5 Å². The van der Waals surface area contributed by atoms with Crippen LogP contribution in [0, 0.1) is 6.92 Å². The largest absolute Gasteiger partial charge is 0.478 e. The first-order valence-electron chi connectivity index (χ1n) is 13.5. The van der Waals surface area contributed by atoms with E-state index >= 15 is 0 Å². The Hall–Kier alpha value is -5.28. The lowest BCUT2D eigenvalue weighted by atomic mass is 10.1. The summed E-state index contributed by atoms with van der Waals surface area (Å²) in [5.41, 5.74) is 4.73. The first kappa shape index (κ1) is 26.6. The molecule has 4 aromatic carbocycles. The Bertz CT molecular complexity index is 2310. The molecule has 0 spiro atoms. The highest BCUT2D eigenvalue weighted by atomic mass is 79.9. The van der Waals surface area contributed by atoms with Gasteiger partial charge in [-0.25, -0.2) is 9.78 Å². The number of para-hydroxylation sites is 2. The van der Waals surface area contributed by atoms with Gasteiger partial charge in [0.25, 0.3) is 5.56 Å². The molecule has 7 aromatic rings. The number of hydrogen-bond acceptors (Lipinski definition) is 5. The molecule has 0 radical (unpaired) electrons. The summed E-state index contributed by atoms with van der Waals surface area (Å²) < 4.78 is 10.5. The second kappa shape index (κ2) is 10.5. The number of nitrogens with zero attached hydrogens (tertiary/aromatic N) is 4. The summed E-state index contributed by atoms with van der Waals surface area (Å²) in [5.74, 6) is -0.254. The number of carbonyl (C=O) groups is 1. The molecule has 9 heteroatoms. The molecule has 3 heterocycles. The van der Waals surface area contributed by atoms with Gasteiger partial charge >= 0.3 is 5.97 Å². The van der Waals surface area contributed by atoms with E-state index in [0.717, 1.165) is 37.6 Å². The first-order valence-corrected chi connectivity index (χ1v) is 14.3. The molecule has 0 aliphatic heterocycles. The number of halogens is 1. The van der Waals surface area contributed by atoms with Gasteiger partial charge in [-0.3, -0.25) is 4.79 Å². The van der Waals surface area contributed by atoms with Crippen LogP contribution in [0.25, 0.3) is 44.4 Å². The van der Waals surface area contributed by atoms with Crippen LogP contribution in [-0.2, 0) is 6.54 Å². The zero-order chi connectivity index (χ0) is 29.7. The zero-order valence-corrected chi connectivity index (χ0v) is 24.4. The summed E-state index contributed by atoms with van der Waals surface area (Å²) in [6.45, 7) is 2.46. The van der Waals surface area contributed by atoms with Gasteiger partial charge in [0.15, 0.2) is 5.76 Å². The normalized spacial score (nSPS) is 11.8. The monoisotopic (exact) mass is 630 g/mol. The van der Waals surface area contributed by atoms with Gasteiger partial charge in [-0.1, -0.05) is 58.4 Å². The molecule has 0 amide bonds. The quantitative estimate of drug-likeness (QED) is 0.192. The fourth-order valence-electron chi connectivity index (χ4n) is 5.44. The fraction of sp³-hybridized carbons (Fsp3) is 0.0588. The number of fused-ring (bicyclic) bond motifs is 3. The summed E-state index contributed by atoms with van der Waals surface area (Å²) in [4.78, 5) is 30.1. The van der Waals surface area contributed by atoms with E-state index in [9.17, 15) is 14.7 Å². The molecule has 0 bridgehead atoms. The molecule has 0 saturated carbocycles. The van der Waals surface area contributed by atoms with E-state index < -0.39 is 5.97 Å². The number of aromatic nitrogens is 3. The number of rotatable bonds is 6. The Morgan fingerprint density at radius 2 is 1.77 bits per heavy atom. The third-order valence-electron chi connectivity index (χ3n) is 7.55. The van der Waals surface area contributed by atoms with Crippen LogP contribution in [0.4, 0.5) is 0 Å². The Kier molecular flexibility index (Phi) is 6.51. The Morgan fingerprint density at radius 3 is 2.60 bits per heavy atom. The lowest BCUT2D eigenvalue weighted by Crippen LogP contribution is -2.20. The highest BCUT2D eigenvalue weighted by molar-refractivity contribution is 9.10. The second-order valence-corrected chi connectivity index (χ2v) is 11.1. The summed E-state index contributed by atoms with van der Waals surface area (Å²) in [5, 5.41) is 16.4. The minimum Gasteiger partial charge on any atom is -0.478 e. The molecule has 8 nitrogen and oxygen atoms in total. The van der Waals surface area contributed by atoms with Gasteiger partial charge in [-0.15, -0.1) is 0 Å². The van der Waals surface area contributed by atoms with Gasteiger partial charge in [-0.05, 0) is 67.1 Å². The Morgan fingerprint density at radius 1 is 0.977 bits per heavy atom. The fourth-order valence-corrected chi connectivity index (χ4v) is 5.82. The molecule has 3 aromatic heterocycles. The van der Waals surface area contributed by atoms with Crippen LogP contribution in [0.15, 0.2) is 116 Å². The van der Waals surface area contributed by atoms with Crippen LogP contribution >= 0.6 is 15.9 Å². The van der Waals surface area contributed by atoms with Crippen molar-refractivity contribution in [1.29, 1.82) is 0 Å². The molecule has 43 heavy (non-hydrogen) atoms. The van der Waals surface area contributed by atoms with Crippen molar-refractivity contribution >= 4 is 60.9 Å². The van der Waals surface area contributed by atoms with E-state index in [1.165, 1.54) is 4.68 Å². The summed E-state index contributed by atoms with van der Waals surface area (Å²) in [7, 11) is 0. The number of benzene rings is 4. The van der Waals surface area contributed by atoms with Gasteiger partial charge < -0.3 is 14.1 Å². The average Bonchev–Trinajstić information content (AvgIpc) is 3.55. The van der Waals surface area contributed by atoms with E-state index in [1.807, 2.05) is 67.6 Å². The molecule has 0 atom stereocenters. The predicted molar refractivity (Wildman–Crippen MR) is 171 cm³/mol. The molecule has 0 unspecified atom stereocenters. The number of carboxylic acids is 1. The van der Waals surface area contributed by atoms with Crippen molar-refractivity contribution in [2.75, 3.05) is 0 Å². The predicted octanol–water partition coefficient (Wildman–Crippen LogP) is 7.46. The molecule has 0 aliphatic carbocycles. The molecular weight excluding hydrogens is 608 g/mol. The smallest absolute Gasteiger partial charge is 0.335 e. The molecule has 210 valence electrons. The molecule has 7 rings (SSSR count). The molecule has 0 fully saturated rings. The molecule has 1 N–H and O–H groups in total. The highest BCUT2D eigenvalue weighted by Crippen LogP contribution is 2.30. The van der Waals surface area contributed by atoms with Crippen LogP contribution in [0.5, 0.6) is 0 Å². The van der Waals surface area contributed by atoms with Crippen LogP contribution in [0.3, 0.4) is 0 Å². The number of carboxylic acid groups (broad SMARTS) is 1. The minimum absolute atomic E-state index is 0.238. The van der Waals surface area contributed by atoms with Gasteiger partial charge in [0.1, 0.15) is 5.58 Å². The zero-order valence-electron chi connectivity index (χ0n) is 22.9. The van der Waals surface area contributed by atoms with Crippen molar-refractivity contribution in [3.8, 4) is 11.6 Å². The number of aromatic carboxylic acids is 1. The molecule has 0 aliphatic rings. The van der Waals surface area contributed by atoms with Crippen LogP contribution < -0.4 is 5.56 Å². The SMILES string of the molecule is Cc1c(C=Nn2c(-c3cc4cc(Br)ccc4o3)nc3ccccc3c2=O)c2ccccc2n1Cc1cccc(C(=O)O)c1. The number of hydrogen-bond donors (Lipinski definition) is 1. The third-order valence-corrected chi connectivity index (χ3v) is 8.04. The van der Waals surface area contributed by atoms with Crippen molar-refractivity contribution < 1.29 is 14.3 Å². The van der Waals surface area contributed by atoms with Gasteiger partial charge in [0.05, 0.1) is 22.7 Å². The Balaban J connectivity index is 1.38. The molecular formula is C34H23BrN4O4. The second-order valence-electron chi connectivity index (χ2n) is 10.2. The average molecular weight is 631 g/mol. The lowest BCUT2D eigenvalue weighted by molar-refractivity contribution is 0.0696. The van der Waals surface area contributed by atoms with E-state index in [4.69, 9.17) is 14.5 Å². The highest BCUT2D eigenvalue weighted by Gasteiger charge is 2.18. The first-order chi connectivity index (χ1) is 20.9. The van der Waals surface area contributed by atoms with Gasteiger partial charge in [-0.2, -0.15) is 9.78 Å². The maximum absolute atomic E-state index is 13.8. The summed E-state index contributed by atoms with van der Waals surface area (Å²) in [6, 6.07) is 29.6. The topological polar surface area (TPSA) is 103 Å². The van der Waals surface area contributed by atoms with Crippen LogP contribution in [0.1, 0.15) is 27.2 Å². The minimum atomic E-state index is -0.967. The summed E-state index contributed by atoms with van der Waals surface area (Å²) in [6.07, 6.45) is 1.68. The standard InChI is InChI=1S/C34H23BrN4O4/c1-20-27(25-9-3-5-12-29(25)38(20)19-21-7-6-8-22(15-21)34(41)42)18-36-39-32(37-28-11-4-2-10-26(28)33(39)40)31-17-23-16-24(35)13-14-30(23)43-31/h2-18H,19H2,1H3,(H,41,42). The lowest BCUT2D eigenvalue weighted by Gasteiger charge is -2.10. The van der Waals surface area contributed by atoms with Crippen molar-refractivity contribution in [1.82, 2.24) is 14.2 Å². The van der Waals surface area contributed by atoms with Crippen molar-refractivity contribution in [3.63, 3.8) is 0 Å². The van der Waals surface area contributed by atoms with Gasteiger partial charge in [0.2, 0.25) is 5.82 Å². The van der Waals surface area contributed by atoms with Gasteiger partial charge in [0, 0.05) is 38.6 Å². The van der Waals surface area contributed by atoms with Crippen LogP contribution in [0.2, 0.25) is 0 Å². The third kappa shape index (κ3) is 4.73. The maximum Gasteiger partial charge on any atom is 0.335 e. The van der Waals surface area contributed by atoms with Crippen molar-refractivity contribution in [2.45, 2.75) is 13.5 Å². The Labute approximate surface area is 253 Å². The van der Waals surface area contributed by atoms with E-state index in [2.05, 4.69) is 20.5 Å². The van der Waals surface area contributed by atoms with E-state index in [-0.39, 0.29) is 11.1 Å². The van der Waals surface area contributed by atoms with E-state index in [1.54, 1.807) is 42.6 Å². The summed E-state index contributed by atoms with van der Waals surface area (Å²) >= 11 is 3.50. The molecule has 0 saturated heterocycles. The number of furan rings is 1. The van der Waals surface area contributed by atoms with Crippen molar-refractivity contribution in [2.24, 2.45) is 5.10 Å². The maximum atomic E-state index is 13.8. The van der Waals surface area contributed by atoms with Crippen molar-refractivity contribution in [3.05, 3.63) is 134 Å².